The minimum absolute atomic E-state index is 0. The van der Waals surface area contributed by atoms with E-state index < -0.39 is 0 Å². The number of piperidine rings is 2. The van der Waals surface area contributed by atoms with Crippen molar-refractivity contribution >= 4 is 43.0 Å². The van der Waals surface area contributed by atoms with Crippen LogP contribution >= 0.6 is 37.2 Å². The molecule has 0 aromatic rings. The third-order valence-corrected chi connectivity index (χ3v) is 4.79. The first-order chi connectivity index (χ1) is 8.69. The molecular formula is C14H28Cl3N3O. The molecule has 4 heterocycles. The highest BCUT2D eigenvalue weighted by Crippen LogP contribution is 2.25. The Bertz CT molecular complexity index is 307. The summed E-state index contributed by atoms with van der Waals surface area (Å²) in [5, 5.41) is 0. The number of carbonyl (C=O) groups is 1. The van der Waals surface area contributed by atoms with Crippen LogP contribution in [0.3, 0.4) is 0 Å². The van der Waals surface area contributed by atoms with E-state index in [0.717, 1.165) is 32.0 Å². The normalized spacial score (nSPS) is 39.1. The monoisotopic (exact) mass is 359 g/mol. The molecule has 0 aromatic heterocycles. The van der Waals surface area contributed by atoms with E-state index >= 15 is 0 Å². The van der Waals surface area contributed by atoms with Crippen LogP contribution < -0.4 is 5.73 Å². The molecule has 126 valence electrons. The molecule has 0 aromatic carbocycles. The zero-order valence-electron chi connectivity index (χ0n) is 12.4. The summed E-state index contributed by atoms with van der Waals surface area (Å²) in [7, 11) is 0. The van der Waals surface area contributed by atoms with Gasteiger partial charge in [-0.05, 0) is 44.2 Å². The van der Waals surface area contributed by atoms with E-state index in [4.69, 9.17) is 5.73 Å². The summed E-state index contributed by atoms with van der Waals surface area (Å²) < 4.78 is 0. The van der Waals surface area contributed by atoms with Crippen LogP contribution in [-0.2, 0) is 4.79 Å². The highest BCUT2D eigenvalue weighted by molar-refractivity contribution is 5.86. The van der Waals surface area contributed by atoms with Crippen LogP contribution in [0.2, 0.25) is 0 Å². The van der Waals surface area contributed by atoms with Crippen LogP contribution in [0, 0.1) is 11.8 Å². The molecule has 5 atom stereocenters. The summed E-state index contributed by atoms with van der Waals surface area (Å²) in [6.45, 7) is 6.86. The van der Waals surface area contributed by atoms with Crippen molar-refractivity contribution in [3.8, 4) is 0 Å². The lowest BCUT2D eigenvalue weighted by Crippen LogP contribution is -2.41. The Labute approximate surface area is 146 Å². The number of hydrogen-bond acceptors (Lipinski definition) is 4. The largest absolute Gasteiger partial charge is 0.327 e. The maximum Gasteiger partial charge on any atom is 0.147 e. The Morgan fingerprint density at radius 2 is 1.52 bits per heavy atom. The van der Waals surface area contributed by atoms with E-state index in [9.17, 15) is 4.79 Å². The van der Waals surface area contributed by atoms with Crippen molar-refractivity contribution in [1.29, 1.82) is 0 Å². The molecule has 2 N–H and O–H groups in total. The van der Waals surface area contributed by atoms with Gasteiger partial charge in [0, 0.05) is 32.1 Å². The maximum absolute atomic E-state index is 10.9. The van der Waals surface area contributed by atoms with Gasteiger partial charge in [-0.3, -0.25) is 9.69 Å². The van der Waals surface area contributed by atoms with E-state index in [-0.39, 0.29) is 37.2 Å². The molecule has 4 saturated heterocycles. The summed E-state index contributed by atoms with van der Waals surface area (Å²) in [5.41, 5.74) is 5.81. The Morgan fingerprint density at radius 3 is 2.19 bits per heavy atom. The second-order valence-electron chi connectivity index (χ2n) is 6.54. The topological polar surface area (TPSA) is 49.6 Å². The molecule has 4 rings (SSSR count). The van der Waals surface area contributed by atoms with Gasteiger partial charge in [0.25, 0.3) is 0 Å². The summed E-state index contributed by atoms with van der Waals surface area (Å²) in [6.07, 6.45) is 4.78. The first-order valence-electron chi connectivity index (χ1n) is 7.41. The van der Waals surface area contributed by atoms with E-state index in [1.807, 2.05) is 0 Å². The highest BCUT2D eigenvalue weighted by Gasteiger charge is 2.31. The number of ketones is 1. The van der Waals surface area contributed by atoms with Crippen LogP contribution in [0.25, 0.3) is 0 Å². The van der Waals surface area contributed by atoms with Crippen molar-refractivity contribution < 1.29 is 4.79 Å². The molecule has 0 amide bonds. The van der Waals surface area contributed by atoms with Gasteiger partial charge in [-0.1, -0.05) is 0 Å². The number of nitrogens with zero attached hydrogens (tertiary/aromatic N) is 2. The van der Waals surface area contributed by atoms with Crippen LogP contribution in [0.4, 0.5) is 0 Å². The molecule has 4 aliphatic heterocycles. The Balaban J connectivity index is 0.000000333. The number of hydrogen-bond donors (Lipinski definition) is 1. The van der Waals surface area contributed by atoms with Gasteiger partial charge >= 0.3 is 0 Å². The molecule has 21 heavy (non-hydrogen) atoms. The molecule has 7 heteroatoms. The molecule has 4 fully saturated rings. The van der Waals surface area contributed by atoms with Crippen molar-refractivity contribution in [2.24, 2.45) is 17.6 Å². The summed E-state index contributed by atoms with van der Waals surface area (Å²) >= 11 is 0. The molecule has 0 spiro atoms. The standard InChI is InChI=1S/C7H14N2.C7H11NO.3ClH/c8-7-3-6-1-2-9(4-6)5-7;9-7-3-6-1-2-8(4-6)5-7;;;/h6-7H,1-5,8H2;6H,1-5H2;3*1H/t6-,7?;6-;;;/m11.../s1. The minimum atomic E-state index is 0. The van der Waals surface area contributed by atoms with Crippen molar-refractivity contribution in [3.05, 3.63) is 0 Å². The van der Waals surface area contributed by atoms with Crippen molar-refractivity contribution in [2.45, 2.75) is 31.7 Å². The van der Waals surface area contributed by atoms with Crippen LogP contribution in [-0.4, -0.2) is 60.9 Å². The lowest BCUT2D eigenvalue weighted by molar-refractivity contribution is -0.122. The van der Waals surface area contributed by atoms with Crippen LogP contribution in [0.1, 0.15) is 25.7 Å². The predicted molar refractivity (Wildman–Crippen MR) is 93.1 cm³/mol. The lowest BCUT2D eigenvalue weighted by atomic mass is 9.98. The first-order valence-corrected chi connectivity index (χ1v) is 7.41. The number of carbonyl (C=O) groups excluding carboxylic acids is 1. The maximum atomic E-state index is 10.9. The molecule has 4 bridgehead atoms. The number of fused-ring (bicyclic) bond motifs is 4. The Kier molecular flexibility index (Phi) is 9.73. The van der Waals surface area contributed by atoms with E-state index in [1.54, 1.807) is 0 Å². The molecule has 0 radical (unpaired) electrons. The van der Waals surface area contributed by atoms with Gasteiger partial charge in [0.1, 0.15) is 5.78 Å². The smallest absolute Gasteiger partial charge is 0.147 e. The summed E-state index contributed by atoms with van der Waals surface area (Å²) in [6, 6.07) is 0.478. The highest BCUT2D eigenvalue weighted by atomic mass is 35.5. The van der Waals surface area contributed by atoms with Crippen molar-refractivity contribution in [2.75, 3.05) is 39.3 Å². The van der Waals surface area contributed by atoms with Gasteiger partial charge in [-0.15, -0.1) is 37.2 Å². The Morgan fingerprint density at radius 1 is 0.905 bits per heavy atom. The van der Waals surface area contributed by atoms with Crippen LogP contribution in [0.5, 0.6) is 0 Å². The average Bonchev–Trinajstić information content (AvgIpc) is 2.83. The fraction of sp³-hybridized carbons (Fsp3) is 0.929. The van der Waals surface area contributed by atoms with Gasteiger partial charge in [0.15, 0.2) is 0 Å². The number of Topliss-reactive ketones (excluding diaryl/α,β-unsaturated/α-hetero) is 1. The molecule has 4 aliphatic rings. The quantitative estimate of drug-likeness (QED) is 0.712. The van der Waals surface area contributed by atoms with E-state index in [0.29, 0.717) is 17.7 Å². The number of halogens is 3. The van der Waals surface area contributed by atoms with Crippen LogP contribution in [0.15, 0.2) is 0 Å². The fourth-order valence-electron chi connectivity index (χ4n) is 3.96. The molecular weight excluding hydrogens is 333 g/mol. The molecule has 4 nitrogen and oxygen atoms in total. The number of rotatable bonds is 0. The van der Waals surface area contributed by atoms with Crippen molar-refractivity contribution in [3.63, 3.8) is 0 Å². The summed E-state index contributed by atoms with van der Waals surface area (Å²) in [5.74, 6) is 2.10. The van der Waals surface area contributed by atoms with E-state index in [1.165, 1.54) is 38.9 Å². The minimum Gasteiger partial charge on any atom is -0.327 e. The molecule has 0 aliphatic carbocycles. The zero-order chi connectivity index (χ0) is 12.5. The average molecular weight is 361 g/mol. The second-order valence-corrected chi connectivity index (χ2v) is 6.54. The van der Waals surface area contributed by atoms with Crippen molar-refractivity contribution in [1.82, 2.24) is 9.80 Å². The van der Waals surface area contributed by atoms with Gasteiger partial charge in [-0.2, -0.15) is 0 Å². The Hall–Kier alpha value is 0.420. The number of nitrogens with two attached hydrogens (primary N) is 1. The van der Waals surface area contributed by atoms with Gasteiger partial charge in [0.05, 0.1) is 6.54 Å². The van der Waals surface area contributed by atoms with E-state index in [2.05, 4.69) is 9.80 Å². The lowest BCUT2D eigenvalue weighted by Gasteiger charge is -2.26. The fourth-order valence-corrected chi connectivity index (χ4v) is 3.96. The molecule has 3 unspecified atom stereocenters. The third kappa shape index (κ3) is 5.85. The SMILES string of the molecule is Cl.Cl.Cl.NC1C[C@H]2CCN(C1)C2.O=C1C[C@H]2CCN(C1)C2. The van der Waals surface area contributed by atoms with Gasteiger partial charge in [0.2, 0.25) is 0 Å². The second kappa shape index (κ2) is 9.53. The predicted octanol–water partition coefficient (Wildman–Crippen LogP) is 1.59. The zero-order valence-corrected chi connectivity index (χ0v) is 14.9. The van der Waals surface area contributed by atoms with Gasteiger partial charge < -0.3 is 10.6 Å². The summed E-state index contributed by atoms with van der Waals surface area (Å²) in [4.78, 5) is 15.6. The molecule has 0 saturated carbocycles. The third-order valence-electron chi connectivity index (χ3n) is 4.79. The first kappa shape index (κ1) is 21.4. The van der Waals surface area contributed by atoms with Gasteiger partial charge in [-0.25, -0.2) is 0 Å².